The fourth-order valence-electron chi connectivity index (χ4n) is 2.69. The van der Waals surface area contributed by atoms with E-state index in [1.165, 1.54) is 4.73 Å². The highest BCUT2D eigenvalue weighted by atomic mass is 16.7. The van der Waals surface area contributed by atoms with Crippen LogP contribution in [0.1, 0.15) is 34.2 Å². The molecule has 0 atom stereocenters. The second-order valence-electron chi connectivity index (χ2n) is 5.84. The van der Waals surface area contributed by atoms with Crippen LogP contribution in [-0.4, -0.2) is 22.3 Å². The van der Waals surface area contributed by atoms with Gasteiger partial charge in [-0.25, -0.2) is 9.78 Å². The van der Waals surface area contributed by atoms with Crippen molar-refractivity contribution < 1.29 is 14.4 Å². The third kappa shape index (κ3) is 3.98. The van der Waals surface area contributed by atoms with Crippen LogP contribution >= 0.6 is 0 Å². The van der Waals surface area contributed by atoms with Crippen LogP contribution in [0.4, 0.5) is 0 Å². The molecule has 0 amide bonds. The van der Waals surface area contributed by atoms with E-state index in [2.05, 4.69) is 11.1 Å². The molecule has 2 aromatic carbocycles. The van der Waals surface area contributed by atoms with E-state index >= 15 is 0 Å². The molecule has 0 saturated heterocycles. The Kier molecular flexibility index (Phi) is 5.53. The van der Waals surface area contributed by atoms with E-state index in [4.69, 9.17) is 14.8 Å². The van der Waals surface area contributed by atoms with Crippen LogP contribution in [0.5, 0.6) is 0 Å². The Morgan fingerprint density at radius 1 is 1.19 bits per heavy atom. The van der Waals surface area contributed by atoms with Gasteiger partial charge in [0.05, 0.1) is 23.9 Å². The minimum atomic E-state index is -0.502. The maximum absolute atomic E-state index is 12.5. The van der Waals surface area contributed by atoms with Crippen molar-refractivity contribution in [3.63, 3.8) is 0 Å². The first-order chi connectivity index (χ1) is 13.1. The third-order valence-corrected chi connectivity index (χ3v) is 3.93. The maximum Gasteiger partial charge on any atom is 0.360 e. The summed E-state index contributed by atoms with van der Waals surface area (Å²) >= 11 is 0. The van der Waals surface area contributed by atoms with Crippen LogP contribution in [0.25, 0.3) is 11.4 Å². The molecule has 1 heterocycles. The lowest BCUT2D eigenvalue weighted by molar-refractivity contribution is 0.0426. The van der Waals surface area contributed by atoms with Crippen LogP contribution in [0.2, 0.25) is 0 Å². The molecule has 0 bridgehead atoms. The first kappa shape index (κ1) is 18.2. The zero-order valence-corrected chi connectivity index (χ0v) is 15.2. The number of benzene rings is 2. The van der Waals surface area contributed by atoms with E-state index in [9.17, 15) is 4.79 Å². The smallest absolute Gasteiger partial charge is 0.360 e. The number of esters is 1. The van der Waals surface area contributed by atoms with Gasteiger partial charge in [-0.2, -0.15) is 9.99 Å². The third-order valence-electron chi connectivity index (χ3n) is 3.93. The standard InChI is InChI=1S/C21H19N3O3/c1-3-26-21(25)19-15(2)23-20(18-11-7-10-17(12-18)13-22)24(19)27-14-16-8-5-4-6-9-16/h4-12H,3,14H2,1-2H3. The molecule has 0 unspecified atom stereocenters. The average Bonchev–Trinajstić information content (AvgIpc) is 3.03. The number of carbonyl (C=O) groups is 1. The van der Waals surface area contributed by atoms with Gasteiger partial charge < -0.3 is 9.57 Å². The van der Waals surface area contributed by atoms with Crippen molar-refractivity contribution >= 4 is 5.97 Å². The van der Waals surface area contributed by atoms with Crippen molar-refractivity contribution in [1.82, 2.24) is 9.71 Å². The minimum absolute atomic E-state index is 0.241. The second kappa shape index (κ2) is 8.19. The molecule has 6 nitrogen and oxygen atoms in total. The molecule has 1 aromatic heterocycles. The van der Waals surface area contributed by atoms with Crippen LogP contribution in [0, 0.1) is 18.3 Å². The molecule has 0 aliphatic heterocycles. The van der Waals surface area contributed by atoms with Gasteiger partial charge >= 0.3 is 5.97 Å². The Hall–Kier alpha value is -3.59. The minimum Gasteiger partial charge on any atom is -0.461 e. The molecular weight excluding hydrogens is 342 g/mol. The van der Waals surface area contributed by atoms with Crippen molar-refractivity contribution in [2.45, 2.75) is 20.5 Å². The molecule has 136 valence electrons. The summed E-state index contributed by atoms with van der Waals surface area (Å²) in [5, 5.41) is 9.17. The lowest BCUT2D eigenvalue weighted by Gasteiger charge is -2.13. The lowest BCUT2D eigenvalue weighted by atomic mass is 10.1. The molecule has 0 radical (unpaired) electrons. The van der Waals surface area contributed by atoms with Gasteiger partial charge in [-0.1, -0.05) is 42.5 Å². The number of nitriles is 1. The number of carbonyl (C=O) groups excluding carboxylic acids is 1. The van der Waals surface area contributed by atoms with E-state index in [0.29, 0.717) is 22.6 Å². The molecule has 0 spiro atoms. The first-order valence-electron chi connectivity index (χ1n) is 8.58. The van der Waals surface area contributed by atoms with Crippen molar-refractivity contribution in [2.75, 3.05) is 6.61 Å². The molecule has 3 aromatic rings. The van der Waals surface area contributed by atoms with Crippen molar-refractivity contribution in [1.29, 1.82) is 5.26 Å². The molecule has 0 saturated carbocycles. The second-order valence-corrected chi connectivity index (χ2v) is 5.84. The summed E-state index contributed by atoms with van der Waals surface area (Å²) in [6.45, 7) is 3.98. The predicted molar refractivity (Wildman–Crippen MR) is 99.8 cm³/mol. The Morgan fingerprint density at radius 2 is 1.96 bits per heavy atom. The number of aryl methyl sites for hydroxylation is 1. The normalized spacial score (nSPS) is 10.3. The van der Waals surface area contributed by atoms with Crippen LogP contribution in [0.3, 0.4) is 0 Å². The lowest BCUT2D eigenvalue weighted by Crippen LogP contribution is -2.20. The van der Waals surface area contributed by atoms with E-state index in [1.54, 1.807) is 32.0 Å². The SMILES string of the molecule is CCOC(=O)c1c(C)nc(-c2cccc(C#N)c2)n1OCc1ccccc1. The molecule has 27 heavy (non-hydrogen) atoms. The van der Waals surface area contributed by atoms with E-state index in [-0.39, 0.29) is 18.9 Å². The summed E-state index contributed by atoms with van der Waals surface area (Å²) in [7, 11) is 0. The van der Waals surface area contributed by atoms with Crippen LogP contribution in [0.15, 0.2) is 54.6 Å². The van der Waals surface area contributed by atoms with Gasteiger partial charge in [-0.3, -0.25) is 0 Å². The molecule has 3 rings (SSSR count). The highest BCUT2D eigenvalue weighted by Crippen LogP contribution is 2.23. The Labute approximate surface area is 157 Å². The molecule has 0 aliphatic rings. The fourth-order valence-corrected chi connectivity index (χ4v) is 2.69. The van der Waals surface area contributed by atoms with E-state index in [0.717, 1.165) is 5.56 Å². The molecule has 0 fully saturated rings. The number of rotatable bonds is 6. The number of aromatic nitrogens is 2. The Bertz CT molecular complexity index is 988. The van der Waals surface area contributed by atoms with E-state index < -0.39 is 5.97 Å². The Morgan fingerprint density at radius 3 is 2.67 bits per heavy atom. The van der Waals surface area contributed by atoms with Crippen LogP contribution < -0.4 is 4.84 Å². The first-order valence-corrected chi connectivity index (χ1v) is 8.58. The number of hydrogen-bond acceptors (Lipinski definition) is 5. The van der Waals surface area contributed by atoms with E-state index in [1.807, 2.05) is 36.4 Å². The van der Waals surface area contributed by atoms with Gasteiger partial charge in [0.15, 0.2) is 11.5 Å². The Balaban J connectivity index is 2.05. The van der Waals surface area contributed by atoms with Gasteiger partial charge in [0.2, 0.25) is 0 Å². The number of nitrogens with zero attached hydrogens (tertiary/aromatic N) is 3. The van der Waals surface area contributed by atoms with Gasteiger partial charge in [0, 0.05) is 5.56 Å². The quantitative estimate of drug-likeness (QED) is 0.628. The fraction of sp³-hybridized carbons (Fsp3) is 0.190. The molecule has 0 aliphatic carbocycles. The van der Waals surface area contributed by atoms with Gasteiger partial charge in [0.1, 0.15) is 6.61 Å². The zero-order chi connectivity index (χ0) is 19.2. The average molecular weight is 361 g/mol. The summed E-state index contributed by atoms with van der Waals surface area (Å²) in [6, 6.07) is 18.7. The monoisotopic (exact) mass is 361 g/mol. The van der Waals surface area contributed by atoms with Crippen molar-refractivity contribution in [2.24, 2.45) is 0 Å². The molecule has 6 heteroatoms. The summed E-state index contributed by atoms with van der Waals surface area (Å²) in [6.07, 6.45) is 0. The highest BCUT2D eigenvalue weighted by molar-refractivity contribution is 5.89. The number of imidazole rings is 1. The summed E-state index contributed by atoms with van der Waals surface area (Å²) in [4.78, 5) is 22.9. The highest BCUT2D eigenvalue weighted by Gasteiger charge is 2.24. The number of ether oxygens (including phenoxy) is 1. The zero-order valence-electron chi connectivity index (χ0n) is 15.2. The maximum atomic E-state index is 12.5. The van der Waals surface area contributed by atoms with Crippen molar-refractivity contribution in [3.8, 4) is 17.5 Å². The van der Waals surface area contributed by atoms with Crippen molar-refractivity contribution in [3.05, 3.63) is 77.1 Å². The largest absolute Gasteiger partial charge is 0.461 e. The van der Waals surface area contributed by atoms with Crippen LogP contribution in [-0.2, 0) is 11.3 Å². The summed E-state index contributed by atoms with van der Waals surface area (Å²) in [5.41, 5.74) is 2.88. The topological polar surface area (TPSA) is 77.1 Å². The number of hydrogen-bond donors (Lipinski definition) is 0. The predicted octanol–water partition coefficient (Wildman–Crippen LogP) is 3.54. The summed E-state index contributed by atoms with van der Waals surface area (Å²) < 4.78 is 6.56. The van der Waals surface area contributed by atoms with Gasteiger partial charge in [-0.05, 0) is 31.5 Å². The molecule has 0 N–H and O–H groups in total. The van der Waals surface area contributed by atoms with Gasteiger partial charge in [0.25, 0.3) is 0 Å². The molecular formula is C21H19N3O3. The summed E-state index contributed by atoms with van der Waals surface area (Å²) in [5.74, 6) is -0.0539. The van der Waals surface area contributed by atoms with Gasteiger partial charge in [-0.15, -0.1) is 0 Å².